The number of benzene rings is 2. The Labute approximate surface area is 146 Å². The molecule has 24 heavy (non-hydrogen) atoms. The van der Waals surface area contributed by atoms with E-state index in [9.17, 15) is 4.79 Å². The van der Waals surface area contributed by atoms with Crippen molar-refractivity contribution in [2.24, 2.45) is 0 Å². The van der Waals surface area contributed by atoms with Gasteiger partial charge in [0.05, 0.1) is 6.42 Å². The van der Waals surface area contributed by atoms with E-state index in [1.807, 2.05) is 24.3 Å². The predicted molar refractivity (Wildman–Crippen MR) is 89.5 cm³/mol. The molecule has 0 saturated carbocycles. The van der Waals surface area contributed by atoms with Crippen LogP contribution < -0.4 is 4.74 Å². The van der Waals surface area contributed by atoms with Crippen LogP contribution in [0.5, 0.6) is 5.75 Å². The van der Waals surface area contributed by atoms with Gasteiger partial charge in [0, 0.05) is 10.0 Å². The number of rotatable bonds is 6. The SMILES string of the molecule is O=C(O)Cc1ccc(OCc2nc(-c3cccc(Br)c3)no2)cc1. The number of hydrogen-bond donors (Lipinski definition) is 1. The molecule has 0 aliphatic rings. The number of carboxylic acids is 1. The normalized spacial score (nSPS) is 10.5. The molecule has 0 radical (unpaired) electrons. The van der Waals surface area contributed by atoms with Gasteiger partial charge in [0.1, 0.15) is 5.75 Å². The van der Waals surface area contributed by atoms with Crippen molar-refractivity contribution in [3.63, 3.8) is 0 Å². The molecule has 7 heteroatoms. The number of nitrogens with zero attached hydrogens (tertiary/aromatic N) is 2. The molecule has 0 spiro atoms. The first-order valence-electron chi connectivity index (χ1n) is 7.12. The summed E-state index contributed by atoms with van der Waals surface area (Å²) in [7, 11) is 0. The number of halogens is 1. The van der Waals surface area contributed by atoms with E-state index in [4.69, 9.17) is 14.4 Å². The fourth-order valence-electron chi connectivity index (χ4n) is 2.08. The molecule has 0 saturated heterocycles. The van der Waals surface area contributed by atoms with Crippen LogP contribution in [0, 0.1) is 0 Å². The topological polar surface area (TPSA) is 85.5 Å². The molecule has 0 unspecified atom stereocenters. The predicted octanol–water partition coefficient (Wildman–Crippen LogP) is 3.71. The zero-order valence-corrected chi connectivity index (χ0v) is 14.1. The second kappa shape index (κ2) is 7.27. The smallest absolute Gasteiger partial charge is 0.307 e. The summed E-state index contributed by atoms with van der Waals surface area (Å²) in [4.78, 5) is 14.9. The van der Waals surface area contributed by atoms with E-state index in [0.29, 0.717) is 23.0 Å². The lowest BCUT2D eigenvalue weighted by Crippen LogP contribution is -2.00. The maximum atomic E-state index is 10.6. The van der Waals surface area contributed by atoms with Gasteiger partial charge in [0.25, 0.3) is 5.89 Å². The largest absolute Gasteiger partial charge is 0.484 e. The lowest BCUT2D eigenvalue weighted by molar-refractivity contribution is -0.136. The molecule has 0 aliphatic heterocycles. The quantitative estimate of drug-likeness (QED) is 0.692. The third kappa shape index (κ3) is 4.20. The molecule has 6 nitrogen and oxygen atoms in total. The minimum atomic E-state index is -0.866. The summed E-state index contributed by atoms with van der Waals surface area (Å²) in [5.41, 5.74) is 1.56. The highest BCUT2D eigenvalue weighted by Gasteiger charge is 2.09. The van der Waals surface area contributed by atoms with Gasteiger partial charge in [-0.3, -0.25) is 4.79 Å². The molecule has 3 aromatic rings. The zero-order chi connectivity index (χ0) is 16.9. The molecule has 1 N–H and O–H groups in total. The van der Waals surface area contributed by atoms with Crippen molar-refractivity contribution in [3.05, 3.63) is 64.5 Å². The van der Waals surface area contributed by atoms with E-state index in [1.165, 1.54) is 0 Å². The molecule has 0 aliphatic carbocycles. The third-order valence-corrected chi connectivity index (χ3v) is 3.69. The molecule has 0 amide bonds. The highest BCUT2D eigenvalue weighted by molar-refractivity contribution is 9.10. The number of carboxylic acid groups (broad SMARTS) is 1. The number of carbonyl (C=O) groups is 1. The summed E-state index contributed by atoms with van der Waals surface area (Å²) in [6, 6.07) is 14.5. The molecule has 0 fully saturated rings. The second-order valence-electron chi connectivity index (χ2n) is 5.03. The van der Waals surface area contributed by atoms with E-state index in [2.05, 4.69) is 26.1 Å². The third-order valence-electron chi connectivity index (χ3n) is 3.19. The molecule has 0 atom stereocenters. The van der Waals surface area contributed by atoms with Crippen LogP contribution in [0.1, 0.15) is 11.5 Å². The van der Waals surface area contributed by atoms with Crippen molar-refractivity contribution < 1.29 is 19.2 Å². The molecule has 0 bridgehead atoms. The van der Waals surface area contributed by atoms with Crippen LogP contribution >= 0.6 is 15.9 Å². The summed E-state index contributed by atoms with van der Waals surface area (Å²) >= 11 is 3.40. The van der Waals surface area contributed by atoms with Gasteiger partial charge in [-0.2, -0.15) is 4.98 Å². The molecular formula is C17H13BrN2O4. The van der Waals surface area contributed by atoms with Crippen molar-refractivity contribution in [2.45, 2.75) is 13.0 Å². The highest BCUT2D eigenvalue weighted by atomic mass is 79.9. The minimum absolute atomic E-state index is 0.0140. The van der Waals surface area contributed by atoms with E-state index < -0.39 is 5.97 Å². The molecule has 1 heterocycles. The standard InChI is InChI=1S/C17H13BrN2O4/c18-13-3-1-2-12(9-13)17-19-15(24-20-17)10-23-14-6-4-11(5-7-14)8-16(21)22/h1-7,9H,8,10H2,(H,21,22). The van der Waals surface area contributed by atoms with Crippen molar-refractivity contribution in [2.75, 3.05) is 0 Å². The lowest BCUT2D eigenvalue weighted by atomic mass is 10.1. The van der Waals surface area contributed by atoms with Crippen molar-refractivity contribution in [3.8, 4) is 17.1 Å². The van der Waals surface area contributed by atoms with Crippen LogP contribution in [0.3, 0.4) is 0 Å². The first-order valence-corrected chi connectivity index (χ1v) is 7.91. The van der Waals surface area contributed by atoms with E-state index in [1.54, 1.807) is 24.3 Å². The summed E-state index contributed by atoms with van der Waals surface area (Å²) in [6.45, 7) is 0.138. The van der Waals surface area contributed by atoms with Gasteiger partial charge in [-0.1, -0.05) is 45.4 Å². The Hall–Kier alpha value is -2.67. The monoisotopic (exact) mass is 388 g/mol. The van der Waals surface area contributed by atoms with Crippen LogP contribution in [0.15, 0.2) is 57.5 Å². The van der Waals surface area contributed by atoms with Gasteiger partial charge in [-0.05, 0) is 29.8 Å². The van der Waals surface area contributed by atoms with Crippen LogP contribution in [0.4, 0.5) is 0 Å². The van der Waals surface area contributed by atoms with Gasteiger partial charge in [-0.15, -0.1) is 0 Å². The summed E-state index contributed by atoms with van der Waals surface area (Å²) < 4.78 is 11.7. The van der Waals surface area contributed by atoms with Gasteiger partial charge in [-0.25, -0.2) is 0 Å². The molecule has 3 rings (SSSR count). The minimum Gasteiger partial charge on any atom is -0.484 e. The van der Waals surface area contributed by atoms with Crippen LogP contribution in [0.2, 0.25) is 0 Å². The Bertz CT molecular complexity index is 846. The van der Waals surface area contributed by atoms with Crippen LogP contribution in [-0.2, 0) is 17.8 Å². The highest BCUT2D eigenvalue weighted by Crippen LogP contribution is 2.21. The average molecular weight is 389 g/mol. The second-order valence-corrected chi connectivity index (χ2v) is 5.94. The summed E-state index contributed by atoms with van der Waals surface area (Å²) in [5, 5.41) is 12.7. The fraction of sp³-hybridized carbons (Fsp3) is 0.118. The Morgan fingerprint density at radius 1 is 1.21 bits per heavy atom. The van der Waals surface area contributed by atoms with Crippen molar-refractivity contribution >= 4 is 21.9 Å². The van der Waals surface area contributed by atoms with Crippen molar-refractivity contribution in [1.82, 2.24) is 10.1 Å². The average Bonchev–Trinajstić information content (AvgIpc) is 3.03. The van der Waals surface area contributed by atoms with Crippen LogP contribution in [-0.4, -0.2) is 21.2 Å². The Morgan fingerprint density at radius 3 is 2.71 bits per heavy atom. The van der Waals surface area contributed by atoms with E-state index >= 15 is 0 Å². The zero-order valence-electron chi connectivity index (χ0n) is 12.5. The lowest BCUT2D eigenvalue weighted by Gasteiger charge is -2.03. The van der Waals surface area contributed by atoms with Gasteiger partial charge in [0.15, 0.2) is 6.61 Å². The summed E-state index contributed by atoms with van der Waals surface area (Å²) in [5.74, 6) is 0.590. The fourth-order valence-corrected chi connectivity index (χ4v) is 2.48. The molecule has 122 valence electrons. The maximum Gasteiger partial charge on any atom is 0.307 e. The van der Waals surface area contributed by atoms with Crippen LogP contribution in [0.25, 0.3) is 11.4 Å². The molecule has 2 aromatic carbocycles. The number of hydrogen-bond acceptors (Lipinski definition) is 5. The van der Waals surface area contributed by atoms with Gasteiger partial charge < -0.3 is 14.4 Å². The van der Waals surface area contributed by atoms with E-state index in [-0.39, 0.29) is 13.0 Å². The number of ether oxygens (including phenoxy) is 1. The molecule has 1 aromatic heterocycles. The van der Waals surface area contributed by atoms with E-state index in [0.717, 1.165) is 10.0 Å². The Balaban J connectivity index is 1.62. The summed E-state index contributed by atoms with van der Waals surface area (Å²) in [6.07, 6.45) is -0.0140. The Morgan fingerprint density at radius 2 is 2.00 bits per heavy atom. The number of aliphatic carboxylic acids is 1. The first-order chi connectivity index (χ1) is 11.6. The number of aromatic nitrogens is 2. The first kappa shape index (κ1) is 16.2. The van der Waals surface area contributed by atoms with Crippen molar-refractivity contribution in [1.29, 1.82) is 0 Å². The van der Waals surface area contributed by atoms with Gasteiger partial charge in [0.2, 0.25) is 5.82 Å². The molecular weight excluding hydrogens is 376 g/mol. The van der Waals surface area contributed by atoms with Gasteiger partial charge >= 0.3 is 5.97 Å². The Kier molecular flexibility index (Phi) is 4.90. The maximum absolute atomic E-state index is 10.6.